The Balaban J connectivity index is 2.23. The molecule has 0 spiro atoms. The summed E-state index contributed by atoms with van der Waals surface area (Å²) >= 11 is 0. The van der Waals surface area contributed by atoms with E-state index >= 15 is 0 Å². The van der Waals surface area contributed by atoms with Gasteiger partial charge in [0.15, 0.2) is 0 Å². The summed E-state index contributed by atoms with van der Waals surface area (Å²) in [4.78, 5) is 45.4. The molecule has 2 N–H and O–H groups in total. The maximum Gasteiger partial charge on any atom is 0.354 e. The Morgan fingerprint density at radius 2 is 1.80 bits per heavy atom. The Morgan fingerprint density at radius 1 is 1.14 bits per heavy atom. The molecule has 2 aromatic rings. The second kappa shape index (κ2) is 10.8. The first-order valence-electron chi connectivity index (χ1n) is 11.6. The third kappa shape index (κ3) is 4.68. The van der Waals surface area contributed by atoms with Crippen molar-refractivity contribution in [3.63, 3.8) is 0 Å². The minimum atomic E-state index is -0.850. The molecule has 1 atom stereocenters. The normalized spacial score (nSPS) is 17.3. The van der Waals surface area contributed by atoms with E-state index in [0.29, 0.717) is 41.2 Å². The zero-order chi connectivity index (χ0) is 25.9. The van der Waals surface area contributed by atoms with E-state index in [9.17, 15) is 19.5 Å². The first-order valence-corrected chi connectivity index (χ1v) is 11.6. The van der Waals surface area contributed by atoms with Crippen molar-refractivity contribution in [2.75, 3.05) is 40.4 Å². The van der Waals surface area contributed by atoms with Crippen molar-refractivity contribution < 1.29 is 29.0 Å². The van der Waals surface area contributed by atoms with Crippen LogP contribution >= 0.6 is 0 Å². The second-order valence-electron chi connectivity index (χ2n) is 8.38. The van der Waals surface area contributed by atoms with E-state index in [-0.39, 0.29) is 17.0 Å². The average molecular weight is 484 g/mol. The van der Waals surface area contributed by atoms with Gasteiger partial charge in [0.25, 0.3) is 11.7 Å². The monoisotopic (exact) mass is 483 g/mol. The van der Waals surface area contributed by atoms with Gasteiger partial charge in [0, 0.05) is 29.9 Å². The Bertz CT molecular complexity index is 1160. The first-order chi connectivity index (χ1) is 16.7. The van der Waals surface area contributed by atoms with Crippen LogP contribution < -0.4 is 4.74 Å². The van der Waals surface area contributed by atoms with Gasteiger partial charge < -0.3 is 29.4 Å². The van der Waals surface area contributed by atoms with E-state index in [1.54, 1.807) is 38.1 Å². The van der Waals surface area contributed by atoms with Crippen LogP contribution in [0.25, 0.3) is 5.76 Å². The number of ether oxygens (including phenoxy) is 2. The number of Topliss-reactive ketones (excluding diaryl/α,β-unsaturated/α-hetero) is 1. The van der Waals surface area contributed by atoms with E-state index < -0.39 is 23.7 Å². The molecule has 3 rings (SSSR count). The largest absolute Gasteiger partial charge is 0.507 e. The molecule has 2 heterocycles. The van der Waals surface area contributed by atoms with Crippen LogP contribution in [0.4, 0.5) is 0 Å². The number of aromatic nitrogens is 1. The number of likely N-dealkylation sites (N-methyl/N-ethyl adjacent to an activating group) is 1. The van der Waals surface area contributed by atoms with Crippen molar-refractivity contribution in [1.82, 2.24) is 14.8 Å². The number of aryl methyl sites for hydroxylation is 1. The van der Waals surface area contributed by atoms with Crippen molar-refractivity contribution in [1.29, 1.82) is 0 Å². The Morgan fingerprint density at radius 3 is 2.40 bits per heavy atom. The summed E-state index contributed by atoms with van der Waals surface area (Å²) in [5.41, 5.74) is 1.94. The Labute approximate surface area is 205 Å². The molecule has 9 nitrogen and oxygen atoms in total. The zero-order valence-corrected chi connectivity index (χ0v) is 21.1. The summed E-state index contributed by atoms with van der Waals surface area (Å²) in [5.74, 6) is -1.90. The van der Waals surface area contributed by atoms with Crippen molar-refractivity contribution in [3.8, 4) is 5.75 Å². The minimum absolute atomic E-state index is 0.0411. The van der Waals surface area contributed by atoms with Crippen LogP contribution in [0, 0.1) is 13.8 Å². The van der Waals surface area contributed by atoms with E-state index in [1.165, 1.54) is 19.1 Å². The molecule has 0 unspecified atom stereocenters. The molecule has 35 heavy (non-hydrogen) atoms. The standard InChI is InChI=1S/C26H33N3O6/c1-7-28(8-2)13-14-29-22(17-11-9-10-12-18(17)34-5)20(24(31)25(29)32)23(30)19-15(3)21(26(33)35-6)27-16(19)4/h9-12,22,27,30H,7-8,13-14H2,1-6H3/b23-20+/t22-/m0/s1. The number of rotatable bonds is 9. The molecular weight excluding hydrogens is 450 g/mol. The number of hydrogen-bond acceptors (Lipinski definition) is 7. The third-order valence-corrected chi connectivity index (χ3v) is 6.59. The fourth-order valence-electron chi connectivity index (χ4n) is 4.66. The van der Waals surface area contributed by atoms with Crippen molar-refractivity contribution >= 4 is 23.4 Å². The van der Waals surface area contributed by atoms with Gasteiger partial charge in [0.1, 0.15) is 17.2 Å². The molecule has 0 aliphatic carbocycles. The van der Waals surface area contributed by atoms with Crippen molar-refractivity contribution in [3.05, 3.63) is 57.9 Å². The Kier molecular flexibility index (Phi) is 8.01. The number of esters is 1. The number of methoxy groups -OCH3 is 2. The molecule has 1 aromatic carbocycles. The van der Waals surface area contributed by atoms with Gasteiger partial charge in [0.2, 0.25) is 0 Å². The molecule has 1 aromatic heterocycles. The van der Waals surface area contributed by atoms with E-state index in [1.807, 2.05) is 13.8 Å². The SMILES string of the molecule is CCN(CC)CCN1C(=O)C(=O)/C(=C(/O)c2c(C)[nH]c(C(=O)OC)c2C)[C@@H]1c1ccccc1OC. The summed E-state index contributed by atoms with van der Waals surface area (Å²) in [5, 5.41) is 11.5. The number of carbonyl (C=O) groups excluding carboxylic acids is 3. The molecule has 188 valence electrons. The number of ketones is 1. The number of aromatic amines is 1. The maximum atomic E-state index is 13.4. The summed E-state index contributed by atoms with van der Waals surface area (Å²) in [6, 6.07) is 6.28. The molecule has 0 saturated carbocycles. The number of aliphatic hydroxyl groups excluding tert-OH is 1. The fourth-order valence-corrected chi connectivity index (χ4v) is 4.66. The number of hydrogen-bond donors (Lipinski definition) is 2. The van der Waals surface area contributed by atoms with Gasteiger partial charge >= 0.3 is 5.97 Å². The predicted molar refractivity (Wildman–Crippen MR) is 131 cm³/mol. The Hall–Kier alpha value is -3.59. The van der Waals surface area contributed by atoms with Crippen molar-refractivity contribution in [2.45, 2.75) is 33.7 Å². The first kappa shape index (κ1) is 26.0. The highest BCUT2D eigenvalue weighted by molar-refractivity contribution is 6.46. The number of benzene rings is 1. The van der Waals surface area contributed by atoms with Gasteiger partial charge in [-0.05, 0) is 38.6 Å². The highest BCUT2D eigenvalue weighted by Crippen LogP contribution is 2.43. The lowest BCUT2D eigenvalue weighted by molar-refractivity contribution is -0.140. The summed E-state index contributed by atoms with van der Waals surface area (Å²) in [7, 11) is 2.78. The highest BCUT2D eigenvalue weighted by atomic mass is 16.5. The van der Waals surface area contributed by atoms with E-state index in [0.717, 1.165) is 13.1 Å². The number of para-hydroxylation sites is 1. The summed E-state index contributed by atoms with van der Waals surface area (Å²) in [6.07, 6.45) is 0. The van der Waals surface area contributed by atoms with Gasteiger partial charge in [-0.25, -0.2) is 4.79 Å². The third-order valence-electron chi connectivity index (χ3n) is 6.59. The smallest absolute Gasteiger partial charge is 0.354 e. The van der Waals surface area contributed by atoms with E-state index in [2.05, 4.69) is 9.88 Å². The number of nitrogens with zero attached hydrogens (tertiary/aromatic N) is 2. The molecule has 1 fully saturated rings. The number of carbonyl (C=O) groups is 3. The van der Waals surface area contributed by atoms with Gasteiger partial charge in [-0.2, -0.15) is 0 Å². The van der Waals surface area contributed by atoms with Gasteiger partial charge in [-0.3, -0.25) is 9.59 Å². The number of nitrogens with one attached hydrogen (secondary N) is 1. The molecule has 1 aliphatic heterocycles. The fraction of sp³-hybridized carbons (Fsp3) is 0.423. The molecule has 1 aliphatic rings. The summed E-state index contributed by atoms with van der Waals surface area (Å²) < 4.78 is 10.4. The molecule has 1 saturated heterocycles. The topological polar surface area (TPSA) is 112 Å². The highest BCUT2D eigenvalue weighted by Gasteiger charge is 2.47. The maximum absolute atomic E-state index is 13.4. The second-order valence-corrected chi connectivity index (χ2v) is 8.38. The van der Waals surface area contributed by atoms with Crippen LogP contribution in [0.3, 0.4) is 0 Å². The van der Waals surface area contributed by atoms with Crippen LogP contribution in [-0.2, 0) is 14.3 Å². The lowest BCUT2D eigenvalue weighted by Gasteiger charge is -2.29. The van der Waals surface area contributed by atoms with Crippen LogP contribution in [0.2, 0.25) is 0 Å². The van der Waals surface area contributed by atoms with Gasteiger partial charge in [0.05, 0.1) is 25.8 Å². The minimum Gasteiger partial charge on any atom is -0.507 e. The molecular formula is C26H33N3O6. The predicted octanol–water partition coefficient (Wildman–Crippen LogP) is 3.19. The lowest BCUT2D eigenvalue weighted by Crippen LogP contribution is -2.38. The number of likely N-dealkylation sites (tertiary alicyclic amines) is 1. The van der Waals surface area contributed by atoms with Crippen molar-refractivity contribution in [2.24, 2.45) is 0 Å². The quantitative estimate of drug-likeness (QED) is 0.244. The lowest BCUT2D eigenvalue weighted by atomic mass is 9.93. The molecule has 0 bridgehead atoms. The number of aliphatic hydroxyl groups is 1. The van der Waals surface area contributed by atoms with Crippen LogP contribution in [-0.4, -0.2) is 77.9 Å². The van der Waals surface area contributed by atoms with Gasteiger partial charge in [-0.15, -0.1) is 0 Å². The molecule has 0 radical (unpaired) electrons. The van der Waals surface area contributed by atoms with Crippen LogP contribution in [0.15, 0.2) is 29.8 Å². The molecule has 1 amide bonds. The van der Waals surface area contributed by atoms with E-state index in [4.69, 9.17) is 9.47 Å². The zero-order valence-electron chi connectivity index (χ0n) is 21.1. The van der Waals surface area contributed by atoms with Crippen LogP contribution in [0.1, 0.15) is 52.8 Å². The summed E-state index contributed by atoms with van der Waals surface area (Å²) in [6.45, 7) is 9.88. The van der Waals surface area contributed by atoms with Crippen LogP contribution in [0.5, 0.6) is 5.75 Å². The molecule has 9 heteroatoms. The van der Waals surface area contributed by atoms with Gasteiger partial charge in [-0.1, -0.05) is 32.0 Å². The average Bonchev–Trinajstić information content (AvgIpc) is 3.30. The number of amides is 1. The number of H-pyrrole nitrogens is 1.